The number of rotatable bonds is 13. The van der Waals surface area contributed by atoms with Crippen LogP contribution in [0.3, 0.4) is 0 Å². The Hall–Kier alpha value is -3.93. The quantitative estimate of drug-likeness (QED) is 0.316. The molecule has 0 bridgehead atoms. The van der Waals surface area contributed by atoms with E-state index in [0.717, 1.165) is 43.6 Å². The molecule has 2 amide bonds. The van der Waals surface area contributed by atoms with E-state index in [4.69, 9.17) is 0 Å². The molecule has 0 aliphatic carbocycles. The molecule has 1 aliphatic rings. The molecule has 1 aromatic heterocycles. The minimum atomic E-state index is -0.592. The second-order valence-electron chi connectivity index (χ2n) is 10.4. The molecule has 3 unspecified atom stereocenters. The number of nitrogens with zero attached hydrogens (tertiary/aromatic N) is 2. The third-order valence-electron chi connectivity index (χ3n) is 7.55. The van der Waals surface area contributed by atoms with Gasteiger partial charge in [0.05, 0.1) is 12.2 Å². The van der Waals surface area contributed by atoms with Crippen LogP contribution in [0.25, 0.3) is 6.08 Å². The molecule has 204 valence electrons. The molecule has 2 aromatic carbocycles. The van der Waals surface area contributed by atoms with Crippen LogP contribution < -0.4 is 10.6 Å². The second-order valence-corrected chi connectivity index (χ2v) is 10.4. The summed E-state index contributed by atoms with van der Waals surface area (Å²) in [4.78, 5) is 33.5. The first-order valence-corrected chi connectivity index (χ1v) is 14.1. The predicted octanol–water partition coefficient (Wildman–Crippen LogP) is 5.35. The number of fused-ring (bicyclic) bond motifs is 1. The Morgan fingerprint density at radius 1 is 0.974 bits per heavy atom. The molecule has 39 heavy (non-hydrogen) atoms. The van der Waals surface area contributed by atoms with Crippen LogP contribution in [0.1, 0.15) is 55.5 Å². The highest BCUT2D eigenvalue weighted by Crippen LogP contribution is 2.21. The van der Waals surface area contributed by atoms with Gasteiger partial charge in [0, 0.05) is 25.2 Å². The molecule has 2 heterocycles. The van der Waals surface area contributed by atoms with E-state index in [0.29, 0.717) is 13.0 Å². The summed E-state index contributed by atoms with van der Waals surface area (Å²) in [5, 5.41) is 6.10. The largest absolute Gasteiger partial charge is 0.373 e. The number of carbonyl (C=O) groups excluding carboxylic acids is 2. The molecule has 0 spiro atoms. The molecular formula is C33H40N4O2. The summed E-state index contributed by atoms with van der Waals surface area (Å²) in [7, 11) is 0. The minimum absolute atomic E-state index is 0.00798. The van der Waals surface area contributed by atoms with Crippen LogP contribution in [-0.4, -0.2) is 34.3 Å². The van der Waals surface area contributed by atoms with E-state index < -0.39 is 6.04 Å². The van der Waals surface area contributed by atoms with Gasteiger partial charge >= 0.3 is 0 Å². The Balaban J connectivity index is 1.39. The van der Waals surface area contributed by atoms with Gasteiger partial charge in [-0.1, -0.05) is 80.9 Å². The Labute approximate surface area is 232 Å². The standard InChI is InChI=1S/C33H40N4O2/c1-3-25(2)31(33(39)35-23-30-17-9-10-19-34-30)36-32(38)28(22-26-12-5-4-6-13-26)16-11-20-37-21-18-27-14-7-8-15-29(27)24-37/h4-10,12-15,17-19,21,25,28,31H,3,11,16,20,22-24H2,1-2H3,(H,35,39)(H,36,38). The third kappa shape index (κ3) is 8.28. The van der Waals surface area contributed by atoms with Gasteiger partial charge in [-0.05, 0) is 66.3 Å². The van der Waals surface area contributed by atoms with Crippen molar-refractivity contribution in [2.75, 3.05) is 6.54 Å². The monoisotopic (exact) mass is 524 g/mol. The Morgan fingerprint density at radius 2 is 1.74 bits per heavy atom. The first-order chi connectivity index (χ1) is 19.0. The van der Waals surface area contributed by atoms with Crippen molar-refractivity contribution in [1.82, 2.24) is 20.5 Å². The number of amides is 2. The van der Waals surface area contributed by atoms with Crippen molar-refractivity contribution in [3.05, 3.63) is 108 Å². The van der Waals surface area contributed by atoms with E-state index >= 15 is 0 Å². The van der Waals surface area contributed by atoms with E-state index in [-0.39, 0.29) is 23.7 Å². The maximum absolute atomic E-state index is 13.7. The van der Waals surface area contributed by atoms with Crippen molar-refractivity contribution in [3.63, 3.8) is 0 Å². The van der Waals surface area contributed by atoms with Gasteiger partial charge in [-0.15, -0.1) is 0 Å². The van der Waals surface area contributed by atoms with Crippen LogP contribution in [0.5, 0.6) is 0 Å². The van der Waals surface area contributed by atoms with Crippen molar-refractivity contribution in [3.8, 4) is 0 Å². The molecule has 0 saturated heterocycles. The fraction of sp³-hybridized carbons (Fsp3) is 0.364. The Bertz CT molecular complexity index is 1230. The van der Waals surface area contributed by atoms with Crippen LogP contribution in [0.4, 0.5) is 0 Å². The fourth-order valence-electron chi connectivity index (χ4n) is 4.98. The first-order valence-electron chi connectivity index (χ1n) is 14.1. The van der Waals surface area contributed by atoms with Gasteiger partial charge < -0.3 is 15.5 Å². The van der Waals surface area contributed by atoms with Crippen LogP contribution >= 0.6 is 0 Å². The maximum Gasteiger partial charge on any atom is 0.243 e. The Morgan fingerprint density at radius 3 is 2.51 bits per heavy atom. The van der Waals surface area contributed by atoms with E-state index in [9.17, 15) is 9.59 Å². The minimum Gasteiger partial charge on any atom is -0.373 e. The van der Waals surface area contributed by atoms with Crippen molar-refractivity contribution >= 4 is 17.9 Å². The van der Waals surface area contributed by atoms with Crippen molar-refractivity contribution < 1.29 is 9.59 Å². The first kappa shape index (κ1) is 28.1. The lowest BCUT2D eigenvalue weighted by Gasteiger charge is -2.28. The second kappa shape index (κ2) is 14.3. The SMILES string of the molecule is CCC(C)C(NC(=O)C(CCCN1C=Cc2ccccc2C1)Cc1ccccc1)C(=O)NCc1ccccn1. The molecule has 6 heteroatoms. The van der Waals surface area contributed by atoms with E-state index in [1.54, 1.807) is 6.20 Å². The molecular weight excluding hydrogens is 484 g/mol. The molecule has 6 nitrogen and oxygen atoms in total. The Kier molecular flexibility index (Phi) is 10.3. The topological polar surface area (TPSA) is 74.3 Å². The zero-order valence-corrected chi connectivity index (χ0v) is 23.1. The van der Waals surface area contributed by atoms with Gasteiger partial charge in [0.2, 0.25) is 11.8 Å². The lowest BCUT2D eigenvalue weighted by atomic mass is 9.91. The van der Waals surface area contributed by atoms with Gasteiger partial charge in [-0.2, -0.15) is 0 Å². The summed E-state index contributed by atoms with van der Waals surface area (Å²) in [6.45, 7) is 6.15. The highest BCUT2D eigenvalue weighted by molar-refractivity contribution is 5.88. The summed E-state index contributed by atoms with van der Waals surface area (Å²) in [6.07, 6.45) is 9.09. The summed E-state index contributed by atoms with van der Waals surface area (Å²) >= 11 is 0. The predicted molar refractivity (Wildman–Crippen MR) is 156 cm³/mol. The molecule has 0 fully saturated rings. The number of hydrogen-bond acceptors (Lipinski definition) is 4. The summed E-state index contributed by atoms with van der Waals surface area (Å²) in [6, 6.07) is 23.6. The number of carbonyl (C=O) groups is 2. The summed E-state index contributed by atoms with van der Waals surface area (Å²) in [5.74, 6) is -0.437. The number of aromatic nitrogens is 1. The van der Waals surface area contributed by atoms with Crippen molar-refractivity contribution in [1.29, 1.82) is 0 Å². The molecule has 0 saturated carbocycles. The average Bonchev–Trinajstić information content (AvgIpc) is 2.98. The lowest BCUT2D eigenvalue weighted by molar-refractivity contribution is -0.132. The molecule has 3 atom stereocenters. The zero-order valence-electron chi connectivity index (χ0n) is 23.1. The fourth-order valence-corrected chi connectivity index (χ4v) is 4.98. The van der Waals surface area contributed by atoms with Crippen LogP contribution in [-0.2, 0) is 29.1 Å². The zero-order chi connectivity index (χ0) is 27.5. The molecule has 3 aromatic rings. The highest BCUT2D eigenvalue weighted by Gasteiger charge is 2.29. The lowest BCUT2D eigenvalue weighted by Crippen LogP contribution is -2.51. The van der Waals surface area contributed by atoms with Gasteiger partial charge in [0.1, 0.15) is 6.04 Å². The number of pyridine rings is 1. The van der Waals surface area contributed by atoms with E-state index in [1.165, 1.54) is 11.1 Å². The number of benzene rings is 2. The number of nitrogens with one attached hydrogen (secondary N) is 2. The van der Waals surface area contributed by atoms with Crippen molar-refractivity contribution in [2.24, 2.45) is 11.8 Å². The molecule has 4 rings (SSSR count). The van der Waals surface area contributed by atoms with Crippen molar-refractivity contribution in [2.45, 2.75) is 58.7 Å². The van der Waals surface area contributed by atoms with Crippen LogP contribution in [0.15, 0.2) is 85.2 Å². The van der Waals surface area contributed by atoms with Gasteiger partial charge in [0.25, 0.3) is 0 Å². The van der Waals surface area contributed by atoms with Crippen LogP contribution in [0.2, 0.25) is 0 Å². The van der Waals surface area contributed by atoms with Gasteiger partial charge in [-0.25, -0.2) is 0 Å². The third-order valence-corrected chi connectivity index (χ3v) is 7.55. The van der Waals surface area contributed by atoms with Gasteiger partial charge in [-0.3, -0.25) is 14.6 Å². The normalized spacial score (nSPS) is 14.7. The van der Waals surface area contributed by atoms with Crippen LogP contribution in [0, 0.1) is 11.8 Å². The maximum atomic E-state index is 13.7. The van der Waals surface area contributed by atoms with Gasteiger partial charge in [0.15, 0.2) is 0 Å². The summed E-state index contributed by atoms with van der Waals surface area (Å²) < 4.78 is 0. The number of hydrogen-bond donors (Lipinski definition) is 2. The summed E-state index contributed by atoms with van der Waals surface area (Å²) in [5.41, 5.74) is 4.51. The molecule has 0 radical (unpaired) electrons. The molecule has 2 N–H and O–H groups in total. The average molecular weight is 525 g/mol. The van der Waals surface area contributed by atoms with E-state index in [2.05, 4.69) is 69.2 Å². The molecule has 1 aliphatic heterocycles. The van der Waals surface area contributed by atoms with E-state index in [1.807, 2.05) is 50.2 Å². The highest BCUT2D eigenvalue weighted by atomic mass is 16.2. The smallest absolute Gasteiger partial charge is 0.243 e.